The van der Waals surface area contributed by atoms with E-state index in [0.29, 0.717) is 30.2 Å². The first-order valence-corrected chi connectivity index (χ1v) is 13.8. The molecule has 36 heavy (non-hydrogen) atoms. The maximum Gasteiger partial charge on any atom is 0.244 e. The van der Waals surface area contributed by atoms with Gasteiger partial charge in [0.05, 0.1) is 11.4 Å². The van der Waals surface area contributed by atoms with Crippen molar-refractivity contribution in [3.05, 3.63) is 54.1 Å². The predicted octanol–water partition coefficient (Wildman–Crippen LogP) is 3.15. The summed E-state index contributed by atoms with van der Waals surface area (Å²) in [5, 5.41) is 2.91. The molecule has 0 radical (unpaired) electrons. The van der Waals surface area contributed by atoms with Gasteiger partial charge in [0.25, 0.3) is 0 Å². The zero-order valence-electron chi connectivity index (χ0n) is 21.3. The number of nitrogens with one attached hydrogen (secondary N) is 1. The fourth-order valence-corrected chi connectivity index (χ4v) is 4.94. The highest BCUT2D eigenvalue weighted by atomic mass is 32.2. The molecule has 0 unspecified atom stereocenters. The zero-order valence-corrected chi connectivity index (χ0v) is 22.1. The van der Waals surface area contributed by atoms with E-state index in [1.807, 2.05) is 51.1 Å². The molecule has 1 aliphatic rings. The average molecular weight is 518 g/mol. The van der Waals surface area contributed by atoms with Crippen LogP contribution in [0.3, 0.4) is 0 Å². The van der Waals surface area contributed by atoms with Gasteiger partial charge in [-0.3, -0.25) is 13.9 Å². The van der Waals surface area contributed by atoms with Crippen LogP contribution in [-0.4, -0.2) is 56.8 Å². The van der Waals surface area contributed by atoms with Crippen molar-refractivity contribution in [3.8, 4) is 11.5 Å². The molecule has 2 amide bonds. The Labute approximate surface area is 213 Å². The van der Waals surface area contributed by atoms with Crippen LogP contribution in [0.1, 0.15) is 39.7 Å². The molecule has 2 aromatic rings. The summed E-state index contributed by atoms with van der Waals surface area (Å²) < 4.78 is 38.0. The summed E-state index contributed by atoms with van der Waals surface area (Å²) in [7, 11) is -3.82. The maximum atomic E-state index is 13.8. The van der Waals surface area contributed by atoms with Crippen LogP contribution in [0.15, 0.2) is 48.5 Å². The molecule has 2 aromatic carbocycles. The van der Waals surface area contributed by atoms with Gasteiger partial charge in [-0.05, 0) is 37.0 Å². The molecule has 1 atom stereocenters. The van der Waals surface area contributed by atoms with Crippen LogP contribution < -0.4 is 19.1 Å². The third kappa shape index (κ3) is 6.69. The van der Waals surface area contributed by atoms with Crippen LogP contribution in [0.5, 0.6) is 11.5 Å². The smallest absolute Gasteiger partial charge is 0.244 e. The molecule has 0 saturated heterocycles. The molecule has 0 spiro atoms. The summed E-state index contributed by atoms with van der Waals surface area (Å²) in [5.74, 6) is 0.248. The van der Waals surface area contributed by atoms with Crippen molar-refractivity contribution in [2.45, 2.75) is 46.7 Å². The van der Waals surface area contributed by atoms with Crippen LogP contribution >= 0.6 is 0 Å². The molecule has 0 fully saturated rings. The van der Waals surface area contributed by atoms with Gasteiger partial charge in [-0.25, -0.2) is 8.42 Å². The van der Waals surface area contributed by atoms with Gasteiger partial charge in [0, 0.05) is 19.2 Å². The lowest BCUT2D eigenvalue weighted by molar-refractivity contribution is -0.140. The number of benzene rings is 2. The lowest BCUT2D eigenvalue weighted by atomic mass is 10.1. The molecule has 0 aromatic heterocycles. The number of fused-ring (bicyclic) bond motifs is 1. The molecule has 1 aliphatic heterocycles. The van der Waals surface area contributed by atoms with Crippen LogP contribution in [0.2, 0.25) is 0 Å². The number of amides is 2. The van der Waals surface area contributed by atoms with E-state index in [1.54, 1.807) is 18.2 Å². The Balaban J connectivity index is 1.94. The Morgan fingerprint density at radius 1 is 1.03 bits per heavy atom. The summed E-state index contributed by atoms with van der Waals surface area (Å²) in [6.45, 7) is 7.60. The molecule has 0 saturated carbocycles. The van der Waals surface area contributed by atoms with E-state index in [-0.39, 0.29) is 30.9 Å². The van der Waals surface area contributed by atoms with Crippen LogP contribution in [-0.2, 0) is 26.2 Å². The Bertz CT molecular complexity index is 1150. The van der Waals surface area contributed by atoms with E-state index < -0.39 is 28.5 Å². The molecule has 1 heterocycles. The van der Waals surface area contributed by atoms with Crippen molar-refractivity contribution < 1.29 is 27.5 Å². The van der Waals surface area contributed by atoms with Crippen LogP contribution in [0, 0.1) is 5.92 Å². The SMILES string of the molecule is CC[C@@H](C(=O)NCC(C)C)N(Cc1ccccc1)C(=O)CN(c1ccc2c(c1)OCO2)S(=O)(=O)CC. The molecule has 3 rings (SSSR count). The second kappa shape index (κ2) is 12.1. The van der Waals surface area contributed by atoms with Gasteiger partial charge in [0.2, 0.25) is 28.6 Å². The molecule has 0 aliphatic carbocycles. The van der Waals surface area contributed by atoms with Crippen molar-refractivity contribution in [3.63, 3.8) is 0 Å². The summed E-state index contributed by atoms with van der Waals surface area (Å²) in [4.78, 5) is 28.3. The lowest BCUT2D eigenvalue weighted by Crippen LogP contribution is -2.52. The minimum atomic E-state index is -3.82. The van der Waals surface area contributed by atoms with Crippen LogP contribution in [0.25, 0.3) is 0 Å². The summed E-state index contributed by atoms with van der Waals surface area (Å²) in [6, 6.07) is 13.3. The van der Waals surface area contributed by atoms with E-state index in [4.69, 9.17) is 9.47 Å². The molecule has 9 nitrogen and oxygen atoms in total. The van der Waals surface area contributed by atoms with Crippen molar-refractivity contribution in [1.82, 2.24) is 10.2 Å². The molecular weight excluding hydrogens is 482 g/mol. The minimum absolute atomic E-state index is 0.0484. The summed E-state index contributed by atoms with van der Waals surface area (Å²) in [5.41, 5.74) is 1.14. The number of carbonyl (C=O) groups is 2. The van der Waals surface area contributed by atoms with Gasteiger partial charge in [-0.15, -0.1) is 0 Å². The lowest BCUT2D eigenvalue weighted by Gasteiger charge is -2.33. The van der Waals surface area contributed by atoms with Gasteiger partial charge < -0.3 is 19.7 Å². The van der Waals surface area contributed by atoms with Crippen molar-refractivity contribution in [1.29, 1.82) is 0 Å². The van der Waals surface area contributed by atoms with Gasteiger partial charge in [-0.2, -0.15) is 0 Å². The number of hydrogen-bond acceptors (Lipinski definition) is 6. The van der Waals surface area contributed by atoms with Crippen molar-refractivity contribution in [2.75, 3.05) is 29.9 Å². The second-order valence-electron chi connectivity index (χ2n) is 9.02. The monoisotopic (exact) mass is 517 g/mol. The number of anilines is 1. The minimum Gasteiger partial charge on any atom is -0.454 e. The first-order chi connectivity index (χ1) is 17.2. The third-order valence-corrected chi connectivity index (χ3v) is 7.63. The van der Waals surface area contributed by atoms with Crippen molar-refractivity contribution in [2.24, 2.45) is 5.92 Å². The largest absolute Gasteiger partial charge is 0.454 e. The van der Waals surface area contributed by atoms with Gasteiger partial charge in [0.15, 0.2) is 11.5 Å². The molecule has 10 heteroatoms. The fourth-order valence-electron chi connectivity index (χ4n) is 3.88. The molecule has 0 bridgehead atoms. The predicted molar refractivity (Wildman–Crippen MR) is 138 cm³/mol. The number of hydrogen-bond donors (Lipinski definition) is 1. The highest BCUT2D eigenvalue weighted by Crippen LogP contribution is 2.36. The summed E-state index contributed by atoms with van der Waals surface area (Å²) >= 11 is 0. The third-order valence-electron chi connectivity index (χ3n) is 5.89. The summed E-state index contributed by atoms with van der Waals surface area (Å²) in [6.07, 6.45) is 0.382. The quantitative estimate of drug-likeness (QED) is 0.464. The molecule has 196 valence electrons. The first kappa shape index (κ1) is 27.3. The highest BCUT2D eigenvalue weighted by Gasteiger charge is 2.33. The second-order valence-corrected chi connectivity index (χ2v) is 11.2. The van der Waals surface area contributed by atoms with Gasteiger partial charge in [-0.1, -0.05) is 51.1 Å². The van der Waals surface area contributed by atoms with Crippen molar-refractivity contribution >= 4 is 27.5 Å². The normalized spacial score (nSPS) is 13.4. The number of sulfonamides is 1. The average Bonchev–Trinajstić information content (AvgIpc) is 3.34. The zero-order chi connectivity index (χ0) is 26.3. The van der Waals surface area contributed by atoms with Crippen LogP contribution in [0.4, 0.5) is 5.69 Å². The van der Waals surface area contributed by atoms with Gasteiger partial charge >= 0.3 is 0 Å². The van der Waals surface area contributed by atoms with E-state index >= 15 is 0 Å². The Hall–Kier alpha value is -3.27. The van der Waals surface area contributed by atoms with E-state index in [0.717, 1.165) is 9.87 Å². The van der Waals surface area contributed by atoms with Gasteiger partial charge in [0.1, 0.15) is 12.6 Å². The fraction of sp³-hybridized carbons (Fsp3) is 0.462. The van der Waals surface area contributed by atoms with E-state index in [2.05, 4.69) is 5.32 Å². The van der Waals surface area contributed by atoms with E-state index in [1.165, 1.54) is 11.8 Å². The maximum absolute atomic E-state index is 13.8. The van der Waals surface area contributed by atoms with E-state index in [9.17, 15) is 18.0 Å². The Morgan fingerprint density at radius 2 is 1.72 bits per heavy atom. The topological polar surface area (TPSA) is 105 Å². The number of nitrogens with zero attached hydrogens (tertiary/aromatic N) is 2. The molecule has 1 N–H and O–H groups in total. The number of ether oxygens (including phenoxy) is 2. The standard InChI is InChI=1S/C26H35N3O6S/c1-5-22(26(31)27-15-19(3)4)28(16-20-10-8-7-9-11-20)25(30)17-29(36(32,33)6-2)21-12-13-23-24(14-21)35-18-34-23/h7-14,19,22H,5-6,15-18H2,1-4H3,(H,27,31)/t22-/m0/s1. The Kier molecular flexibility index (Phi) is 9.19. The Morgan fingerprint density at radius 3 is 2.36 bits per heavy atom. The number of carbonyl (C=O) groups excluding carboxylic acids is 2. The highest BCUT2D eigenvalue weighted by molar-refractivity contribution is 7.92. The number of rotatable bonds is 12. The molecular formula is C26H35N3O6S. The first-order valence-electron chi connectivity index (χ1n) is 12.2.